The quantitative estimate of drug-likeness (QED) is 0.783. The van der Waals surface area contributed by atoms with Gasteiger partial charge in [-0.1, -0.05) is 48.5 Å². The first kappa shape index (κ1) is 19.6. The van der Waals surface area contributed by atoms with Crippen LogP contribution in [0.3, 0.4) is 0 Å². The minimum Gasteiger partial charge on any atom is -0.478 e. The van der Waals surface area contributed by atoms with E-state index in [1.54, 1.807) is 11.1 Å². The van der Waals surface area contributed by atoms with E-state index >= 15 is 0 Å². The van der Waals surface area contributed by atoms with Crippen LogP contribution >= 0.6 is 0 Å². The van der Waals surface area contributed by atoms with E-state index < -0.39 is 11.9 Å². The Balaban J connectivity index is 0.000000242. The SMILES string of the molecule is CN1CCC2=C(C1)c1ccccc1Cc1ccccc12.O=C(O)/C=C\C(=O)O. The van der Waals surface area contributed by atoms with Crippen LogP contribution in [0.25, 0.3) is 11.1 Å². The lowest BCUT2D eigenvalue weighted by molar-refractivity contribution is -0.134. The summed E-state index contributed by atoms with van der Waals surface area (Å²) in [4.78, 5) is 21.5. The molecule has 4 rings (SSSR count). The molecule has 0 bridgehead atoms. The molecule has 5 heteroatoms. The molecule has 1 aliphatic heterocycles. The first-order valence-electron chi connectivity index (χ1n) is 9.16. The van der Waals surface area contributed by atoms with Crippen LogP contribution in [0.4, 0.5) is 0 Å². The molecule has 0 fully saturated rings. The summed E-state index contributed by atoms with van der Waals surface area (Å²) in [6.45, 7) is 2.23. The molecule has 0 spiro atoms. The zero-order chi connectivity index (χ0) is 20.1. The first-order chi connectivity index (χ1) is 13.5. The molecule has 0 saturated carbocycles. The standard InChI is InChI=1S/C19H19N.C4H4O4/c1-20-11-10-18-16-8-4-2-6-14(16)12-15-7-3-5-9-17(15)19(18)13-20;5-3(6)1-2-4(7)8/h2-9H,10-13H2,1H3;1-2H,(H,5,6)(H,7,8)/b;2-1-. The molecule has 1 heterocycles. The van der Waals surface area contributed by atoms with Gasteiger partial charge in [-0.05, 0) is 53.3 Å². The highest BCUT2D eigenvalue weighted by Crippen LogP contribution is 2.39. The fourth-order valence-corrected chi connectivity index (χ4v) is 3.73. The fraction of sp³-hybridized carbons (Fsp3) is 0.217. The van der Waals surface area contributed by atoms with E-state index in [0.29, 0.717) is 12.2 Å². The van der Waals surface area contributed by atoms with Crippen molar-refractivity contribution < 1.29 is 19.8 Å². The van der Waals surface area contributed by atoms with Crippen LogP contribution < -0.4 is 0 Å². The Morgan fingerprint density at radius 1 is 0.857 bits per heavy atom. The number of nitrogens with zero attached hydrogens (tertiary/aromatic N) is 1. The second-order valence-corrected chi connectivity index (χ2v) is 6.95. The first-order valence-corrected chi connectivity index (χ1v) is 9.16. The molecule has 0 radical (unpaired) electrons. The number of carbonyl (C=O) groups is 2. The number of likely N-dealkylation sites (N-methyl/N-ethyl adjacent to an activating group) is 1. The lowest BCUT2D eigenvalue weighted by Gasteiger charge is -2.28. The summed E-state index contributed by atoms with van der Waals surface area (Å²) in [5.74, 6) is -2.51. The molecule has 28 heavy (non-hydrogen) atoms. The number of hydrogen-bond acceptors (Lipinski definition) is 3. The minimum absolute atomic E-state index is 0.558. The third kappa shape index (κ3) is 4.56. The van der Waals surface area contributed by atoms with E-state index in [1.807, 2.05) is 0 Å². The van der Waals surface area contributed by atoms with Crippen LogP contribution in [-0.4, -0.2) is 47.2 Å². The molecule has 0 atom stereocenters. The number of carboxylic acids is 2. The summed E-state index contributed by atoms with van der Waals surface area (Å²) < 4.78 is 0. The van der Waals surface area contributed by atoms with E-state index in [4.69, 9.17) is 10.2 Å². The lowest BCUT2D eigenvalue weighted by Crippen LogP contribution is -2.27. The minimum atomic E-state index is -1.26. The summed E-state index contributed by atoms with van der Waals surface area (Å²) in [6, 6.07) is 17.9. The highest BCUT2D eigenvalue weighted by Gasteiger charge is 2.24. The van der Waals surface area contributed by atoms with Gasteiger partial charge in [0.1, 0.15) is 0 Å². The largest absolute Gasteiger partial charge is 0.478 e. The number of benzene rings is 2. The van der Waals surface area contributed by atoms with Crippen LogP contribution in [0.1, 0.15) is 28.7 Å². The summed E-state index contributed by atoms with van der Waals surface area (Å²) >= 11 is 0. The Morgan fingerprint density at radius 2 is 1.36 bits per heavy atom. The van der Waals surface area contributed by atoms with Gasteiger partial charge in [0.2, 0.25) is 0 Å². The van der Waals surface area contributed by atoms with Gasteiger partial charge in [-0.15, -0.1) is 0 Å². The zero-order valence-electron chi connectivity index (χ0n) is 15.8. The Morgan fingerprint density at radius 3 is 1.89 bits per heavy atom. The number of rotatable bonds is 2. The Labute approximate surface area is 164 Å². The maximum absolute atomic E-state index is 9.55. The van der Waals surface area contributed by atoms with E-state index in [2.05, 4.69) is 60.5 Å². The average molecular weight is 377 g/mol. The van der Waals surface area contributed by atoms with Crippen molar-refractivity contribution in [3.63, 3.8) is 0 Å². The van der Waals surface area contributed by atoms with Gasteiger partial charge in [0, 0.05) is 25.2 Å². The molecule has 5 nitrogen and oxygen atoms in total. The summed E-state index contributed by atoms with van der Waals surface area (Å²) in [6.07, 6.45) is 3.34. The van der Waals surface area contributed by atoms with E-state index in [-0.39, 0.29) is 0 Å². The van der Waals surface area contributed by atoms with Crippen molar-refractivity contribution in [2.45, 2.75) is 12.8 Å². The Hall–Kier alpha value is -3.18. The number of fused-ring (bicyclic) bond motifs is 4. The monoisotopic (exact) mass is 377 g/mol. The molecule has 2 aromatic rings. The van der Waals surface area contributed by atoms with E-state index in [9.17, 15) is 9.59 Å². The highest BCUT2D eigenvalue weighted by atomic mass is 16.4. The number of aliphatic carboxylic acids is 2. The molecular formula is C23H23NO4. The molecule has 1 aliphatic carbocycles. The van der Waals surface area contributed by atoms with Crippen LogP contribution in [0.5, 0.6) is 0 Å². The van der Waals surface area contributed by atoms with Gasteiger partial charge < -0.3 is 15.1 Å². The smallest absolute Gasteiger partial charge is 0.328 e. The zero-order valence-corrected chi connectivity index (χ0v) is 15.8. The van der Waals surface area contributed by atoms with Gasteiger partial charge in [-0.2, -0.15) is 0 Å². The molecule has 0 aromatic heterocycles. The maximum atomic E-state index is 9.55. The fourth-order valence-electron chi connectivity index (χ4n) is 3.73. The Bertz CT molecular complexity index is 943. The highest BCUT2D eigenvalue weighted by molar-refractivity contribution is 5.95. The molecule has 2 aromatic carbocycles. The van der Waals surface area contributed by atoms with Gasteiger partial charge >= 0.3 is 11.9 Å². The van der Waals surface area contributed by atoms with E-state index in [0.717, 1.165) is 25.9 Å². The van der Waals surface area contributed by atoms with Gasteiger partial charge in [-0.3, -0.25) is 0 Å². The van der Waals surface area contributed by atoms with Crippen molar-refractivity contribution >= 4 is 23.1 Å². The molecule has 2 N–H and O–H groups in total. The van der Waals surface area contributed by atoms with Crippen molar-refractivity contribution in [1.29, 1.82) is 0 Å². The predicted molar refractivity (Wildman–Crippen MR) is 109 cm³/mol. The van der Waals surface area contributed by atoms with Crippen LogP contribution in [0.2, 0.25) is 0 Å². The summed E-state index contributed by atoms with van der Waals surface area (Å²) in [5, 5.41) is 15.6. The van der Waals surface area contributed by atoms with Gasteiger partial charge in [0.15, 0.2) is 0 Å². The summed E-state index contributed by atoms with van der Waals surface area (Å²) in [7, 11) is 2.23. The van der Waals surface area contributed by atoms with Crippen molar-refractivity contribution in [2.75, 3.05) is 20.1 Å². The molecule has 144 valence electrons. The van der Waals surface area contributed by atoms with E-state index in [1.165, 1.54) is 22.3 Å². The van der Waals surface area contributed by atoms with Crippen LogP contribution in [0.15, 0.2) is 60.7 Å². The topological polar surface area (TPSA) is 77.8 Å². The molecular weight excluding hydrogens is 354 g/mol. The lowest BCUT2D eigenvalue weighted by atomic mass is 9.89. The summed E-state index contributed by atoms with van der Waals surface area (Å²) in [5.41, 5.74) is 9.01. The predicted octanol–water partition coefficient (Wildman–Crippen LogP) is 3.55. The maximum Gasteiger partial charge on any atom is 0.328 e. The number of hydrogen-bond donors (Lipinski definition) is 2. The Kier molecular flexibility index (Phi) is 6.06. The van der Waals surface area contributed by atoms with Gasteiger partial charge in [0.25, 0.3) is 0 Å². The van der Waals surface area contributed by atoms with Crippen molar-refractivity contribution in [1.82, 2.24) is 4.90 Å². The molecule has 0 amide bonds. The van der Waals surface area contributed by atoms with Gasteiger partial charge in [-0.25, -0.2) is 9.59 Å². The second-order valence-electron chi connectivity index (χ2n) is 6.95. The van der Waals surface area contributed by atoms with Gasteiger partial charge in [0.05, 0.1) is 0 Å². The number of carboxylic acid groups (broad SMARTS) is 2. The second kappa shape index (κ2) is 8.67. The van der Waals surface area contributed by atoms with Crippen molar-refractivity contribution in [3.05, 3.63) is 82.9 Å². The third-order valence-corrected chi connectivity index (χ3v) is 4.97. The molecule has 0 saturated heterocycles. The normalized spacial score (nSPS) is 15.6. The molecule has 2 aliphatic rings. The van der Waals surface area contributed by atoms with Crippen LogP contribution in [-0.2, 0) is 16.0 Å². The van der Waals surface area contributed by atoms with Crippen molar-refractivity contribution in [2.24, 2.45) is 0 Å². The van der Waals surface area contributed by atoms with Crippen molar-refractivity contribution in [3.8, 4) is 0 Å². The van der Waals surface area contributed by atoms with Crippen LogP contribution in [0, 0.1) is 0 Å². The third-order valence-electron chi connectivity index (χ3n) is 4.97. The molecule has 0 unspecified atom stereocenters. The average Bonchev–Trinajstić information content (AvgIpc) is 2.81.